The number of rotatable bonds is 5. The SMILES string of the molecule is Cc1ccccc1CNC(=O)[C@H]1CCCN(c2nnc(C)c3c(C)n(-c4ccc(Cl)cc4)nc23)C1. The molecule has 1 saturated heterocycles. The van der Waals surface area contributed by atoms with Gasteiger partial charge in [-0.2, -0.15) is 10.2 Å². The zero-order valence-corrected chi connectivity index (χ0v) is 21.0. The minimum Gasteiger partial charge on any atom is -0.352 e. The number of anilines is 1. The summed E-state index contributed by atoms with van der Waals surface area (Å²) in [5.74, 6) is 0.709. The second-order valence-electron chi connectivity index (χ2n) is 9.24. The first-order valence-corrected chi connectivity index (χ1v) is 12.4. The van der Waals surface area contributed by atoms with Crippen LogP contribution in [0.5, 0.6) is 0 Å². The fraction of sp³-hybridized carbons (Fsp3) is 0.333. The van der Waals surface area contributed by atoms with Gasteiger partial charge in [0.05, 0.1) is 28.4 Å². The molecule has 0 aliphatic carbocycles. The maximum absolute atomic E-state index is 13.0. The van der Waals surface area contributed by atoms with E-state index in [4.69, 9.17) is 16.7 Å². The van der Waals surface area contributed by atoms with E-state index in [1.54, 1.807) is 0 Å². The molecule has 8 heteroatoms. The Morgan fingerprint density at radius 3 is 2.63 bits per heavy atom. The molecule has 0 saturated carbocycles. The molecule has 0 bridgehead atoms. The van der Waals surface area contributed by atoms with Crippen molar-refractivity contribution in [3.05, 3.63) is 76.1 Å². The summed E-state index contributed by atoms with van der Waals surface area (Å²) in [6.07, 6.45) is 1.77. The first-order chi connectivity index (χ1) is 16.9. The van der Waals surface area contributed by atoms with E-state index in [2.05, 4.69) is 39.5 Å². The average Bonchev–Trinajstić information content (AvgIpc) is 3.22. The van der Waals surface area contributed by atoms with Crippen molar-refractivity contribution in [1.82, 2.24) is 25.3 Å². The van der Waals surface area contributed by atoms with Crippen LogP contribution in [0.25, 0.3) is 16.6 Å². The third kappa shape index (κ3) is 4.60. The lowest BCUT2D eigenvalue weighted by atomic mass is 9.96. The normalized spacial score (nSPS) is 16.0. The molecule has 1 amide bonds. The molecular weight excluding hydrogens is 460 g/mol. The van der Waals surface area contributed by atoms with Crippen LogP contribution < -0.4 is 10.2 Å². The van der Waals surface area contributed by atoms with E-state index in [0.29, 0.717) is 18.1 Å². The lowest BCUT2D eigenvalue weighted by Crippen LogP contribution is -2.43. The van der Waals surface area contributed by atoms with Gasteiger partial charge in [0.25, 0.3) is 0 Å². The molecule has 180 valence electrons. The topological polar surface area (TPSA) is 75.9 Å². The van der Waals surface area contributed by atoms with Crippen molar-refractivity contribution >= 4 is 34.2 Å². The Labute approximate surface area is 210 Å². The van der Waals surface area contributed by atoms with Crippen molar-refractivity contribution < 1.29 is 4.79 Å². The van der Waals surface area contributed by atoms with Gasteiger partial charge in [-0.15, -0.1) is 5.10 Å². The zero-order valence-electron chi connectivity index (χ0n) is 20.3. The molecule has 1 atom stereocenters. The summed E-state index contributed by atoms with van der Waals surface area (Å²) in [4.78, 5) is 15.2. The van der Waals surface area contributed by atoms with Crippen LogP contribution in [0.2, 0.25) is 5.02 Å². The predicted molar refractivity (Wildman–Crippen MR) is 139 cm³/mol. The van der Waals surface area contributed by atoms with Gasteiger partial charge >= 0.3 is 0 Å². The Balaban J connectivity index is 1.40. The van der Waals surface area contributed by atoms with Crippen LogP contribution >= 0.6 is 11.6 Å². The highest BCUT2D eigenvalue weighted by Gasteiger charge is 2.29. The van der Waals surface area contributed by atoms with Gasteiger partial charge in [-0.1, -0.05) is 35.9 Å². The lowest BCUT2D eigenvalue weighted by molar-refractivity contribution is -0.125. The van der Waals surface area contributed by atoms with Gasteiger partial charge in [-0.25, -0.2) is 4.68 Å². The molecule has 0 unspecified atom stereocenters. The highest BCUT2D eigenvalue weighted by molar-refractivity contribution is 6.30. The van der Waals surface area contributed by atoms with Gasteiger partial charge in [-0.3, -0.25) is 4.79 Å². The fourth-order valence-electron chi connectivity index (χ4n) is 4.88. The van der Waals surface area contributed by atoms with E-state index in [-0.39, 0.29) is 11.8 Å². The Hall–Kier alpha value is -3.45. The van der Waals surface area contributed by atoms with E-state index in [1.807, 2.05) is 54.9 Å². The van der Waals surface area contributed by atoms with Crippen LogP contribution in [-0.2, 0) is 11.3 Å². The largest absolute Gasteiger partial charge is 0.352 e. The highest BCUT2D eigenvalue weighted by Crippen LogP contribution is 2.31. The number of hydrogen-bond acceptors (Lipinski definition) is 5. The molecule has 5 rings (SSSR count). The molecule has 7 nitrogen and oxygen atoms in total. The summed E-state index contributed by atoms with van der Waals surface area (Å²) in [6.45, 7) is 8.02. The molecule has 2 aromatic carbocycles. The lowest BCUT2D eigenvalue weighted by Gasteiger charge is -2.32. The summed E-state index contributed by atoms with van der Waals surface area (Å²) in [7, 11) is 0. The number of piperidine rings is 1. The predicted octanol–water partition coefficient (Wildman–Crippen LogP) is 4.93. The van der Waals surface area contributed by atoms with E-state index < -0.39 is 0 Å². The molecule has 3 heterocycles. The van der Waals surface area contributed by atoms with Gasteiger partial charge in [0.1, 0.15) is 5.52 Å². The standard InChI is InChI=1S/C27H29ClN6O/c1-17-7-4-5-8-20(17)15-29-27(35)21-9-6-14-33(16-21)26-25-24(18(2)30-31-26)19(3)34(32-25)23-12-10-22(28)11-13-23/h4-5,7-8,10-13,21H,6,9,14-16H2,1-3H3,(H,29,35)/t21-/m0/s1. The molecule has 1 fully saturated rings. The molecule has 0 spiro atoms. The van der Waals surface area contributed by atoms with Crippen LogP contribution in [0, 0.1) is 26.7 Å². The summed E-state index contributed by atoms with van der Waals surface area (Å²) in [6, 6.07) is 15.8. The van der Waals surface area contributed by atoms with Crippen molar-refractivity contribution in [3.63, 3.8) is 0 Å². The number of aryl methyl sites for hydroxylation is 3. The van der Waals surface area contributed by atoms with Gasteiger partial charge in [0.2, 0.25) is 5.91 Å². The molecule has 4 aromatic rings. The number of nitrogens with zero attached hydrogens (tertiary/aromatic N) is 5. The van der Waals surface area contributed by atoms with Crippen LogP contribution in [0.1, 0.15) is 35.4 Å². The van der Waals surface area contributed by atoms with Crippen molar-refractivity contribution in [3.8, 4) is 5.69 Å². The Morgan fingerprint density at radius 1 is 1.09 bits per heavy atom. The van der Waals surface area contributed by atoms with Crippen LogP contribution in [0.3, 0.4) is 0 Å². The quantitative estimate of drug-likeness (QED) is 0.431. The summed E-state index contributed by atoms with van der Waals surface area (Å²) < 4.78 is 1.91. The second kappa shape index (κ2) is 9.66. The smallest absolute Gasteiger partial charge is 0.225 e. The third-order valence-corrected chi connectivity index (χ3v) is 7.11. The van der Waals surface area contributed by atoms with Crippen molar-refractivity contribution in [2.24, 2.45) is 5.92 Å². The van der Waals surface area contributed by atoms with E-state index in [9.17, 15) is 4.79 Å². The summed E-state index contributed by atoms with van der Waals surface area (Å²) >= 11 is 6.08. The van der Waals surface area contributed by atoms with Crippen LogP contribution in [-0.4, -0.2) is 39.0 Å². The minimum atomic E-state index is -0.106. The third-order valence-electron chi connectivity index (χ3n) is 6.86. The Kier molecular flexibility index (Phi) is 6.43. The highest BCUT2D eigenvalue weighted by atomic mass is 35.5. The van der Waals surface area contributed by atoms with E-state index in [1.165, 1.54) is 5.56 Å². The minimum absolute atomic E-state index is 0.0807. The summed E-state index contributed by atoms with van der Waals surface area (Å²) in [5.41, 5.74) is 5.91. The van der Waals surface area contributed by atoms with Gasteiger partial charge in [0, 0.05) is 24.7 Å². The average molecular weight is 489 g/mol. The molecule has 35 heavy (non-hydrogen) atoms. The van der Waals surface area contributed by atoms with Crippen molar-refractivity contribution in [2.75, 3.05) is 18.0 Å². The first kappa shape index (κ1) is 23.3. The number of amides is 1. The van der Waals surface area contributed by atoms with Crippen molar-refractivity contribution in [2.45, 2.75) is 40.2 Å². The number of benzene rings is 2. The molecule has 1 N–H and O–H groups in total. The van der Waals surface area contributed by atoms with Gasteiger partial charge in [0.15, 0.2) is 5.82 Å². The van der Waals surface area contributed by atoms with E-state index >= 15 is 0 Å². The molecular formula is C27H29ClN6O. The number of carbonyl (C=O) groups is 1. The molecule has 0 radical (unpaired) electrons. The summed E-state index contributed by atoms with van der Waals surface area (Å²) in [5, 5.41) is 18.7. The van der Waals surface area contributed by atoms with E-state index in [0.717, 1.165) is 58.7 Å². The maximum Gasteiger partial charge on any atom is 0.225 e. The first-order valence-electron chi connectivity index (χ1n) is 12.0. The number of nitrogens with one attached hydrogen (secondary N) is 1. The molecule has 2 aromatic heterocycles. The molecule has 1 aliphatic rings. The number of aromatic nitrogens is 4. The number of hydrogen-bond donors (Lipinski definition) is 1. The second-order valence-corrected chi connectivity index (χ2v) is 9.67. The van der Waals surface area contributed by atoms with Crippen LogP contribution in [0.15, 0.2) is 48.5 Å². The number of halogens is 1. The monoisotopic (exact) mass is 488 g/mol. The number of carbonyl (C=O) groups excluding carboxylic acids is 1. The Morgan fingerprint density at radius 2 is 1.86 bits per heavy atom. The fourth-order valence-corrected chi connectivity index (χ4v) is 5.00. The van der Waals surface area contributed by atoms with Crippen LogP contribution in [0.4, 0.5) is 5.82 Å². The molecule has 1 aliphatic heterocycles. The number of fused-ring (bicyclic) bond motifs is 1. The zero-order chi connectivity index (χ0) is 24.5. The van der Waals surface area contributed by atoms with Crippen molar-refractivity contribution in [1.29, 1.82) is 0 Å². The van der Waals surface area contributed by atoms with Gasteiger partial charge in [-0.05, 0) is 69.0 Å². The Bertz CT molecular complexity index is 1380. The maximum atomic E-state index is 13.0. The van der Waals surface area contributed by atoms with Gasteiger partial charge < -0.3 is 10.2 Å².